The molecule has 0 unspecified atom stereocenters. The highest BCUT2D eigenvalue weighted by Gasteiger charge is 2.21. The zero-order valence-electron chi connectivity index (χ0n) is 10.8. The molecular weight excluding hydrogens is 236 g/mol. The molecule has 0 atom stereocenters. The van der Waals surface area contributed by atoms with E-state index >= 15 is 0 Å². The molecule has 1 aromatic carbocycles. The van der Waals surface area contributed by atoms with Gasteiger partial charge in [0.2, 0.25) is 0 Å². The summed E-state index contributed by atoms with van der Waals surface area (Å²) >= 11 is 0. The zero-order chi connectivity index (χ0) is 13.7. The van der Waals surface area contributed by atoms with Crippen molar-refractivity contribution >= 4 is 11.4 Å². The number of rotatable bonds is 6. The van der Waals surface area contributed by atoms with Gasteiger partial charge in [0.1, 0.15) is 11.4 Å². The number of hydrogen-bond donors (Lipinski definition) is 1. The van der Waals surface area contributed by atoms with Crippen molar-refractivity contribution in [2.75, 3.05) is 25.2 Å². The summed E-state index contributed by atoms with van der Waals surface area (Å²) in [5.41, 5.74) is 0.473. The van der Waals surface area contributed by atoms with Gasteiger partial charge in [0.05, 0.1) is 24.7 Å². The molecule has 18 heavy (non-hydrogen) atoms. The highest BCUT2D eigenvalue weighted by molar-refractivity contribution is 5.66. The van der Waals surface area contributed by atoms with Gasteiger partial charge in [-0.3, -0.25) is 10.1 Å². The molecule has 1 aromatic rings. The Bertz CT molecular complexity index is 421. The van der Waals surface area contributed by atoms with E-state index in [2.05, 4.69) is 0 Å². The maximum atomic E-state index is 11.1. The summed E-state index contributed by atoms with van der Waals surface area (Å²) in [7, 11) is 1.46. The molecule has 0 spiro atoms. The largest absolute Gasteiger partial charge is 0.496 e. The van der Waals surface area contributed by atoms with E-state index in [-0.39, 0.29) is 18.3 Å². The van der Waals surface area contributed by atoms with Gasteiger partial charge < -0.3 is 14.7 Å². The van der Waals surface area contributed by atoms with Gasteiger partial charge in [-0.1, -0.05) is 0 Å². The van der Waals surface area contributed by atoms with E-state index < -0.39 is 4.92 Å². The van der Waals surface area contributed by atoms with E-state index in [1.807, 2.05) is 13.8 Å². The molecule has 0 radical (unpaired) electrons. The number of nitrogens with zero attached hydrogens (tertiary/aromatic N) is 2. The Morgan fingerprint density at radius 3 is 2.61 bits per heavy atom. The maximum absolute atomic E-state index is 11.1. The minimum absolute atomic E-state index is 0.0171. The third-order valence-electron chi connectivity index (χ3n) is 2.65. The summed E-state index contributed by atoms with van der Waals surface area (Å²) in [6.07, 6.45) is 0. The standard InChI is InChI=1S/C12H18N2O4/c1-9(2)13(6-7-15)11-5-4-10(18-3)8-12(11)14(16)17/h4-5,8-9,15H,6-7H2,1-3H3. The van der Waals surface area contributed by atoms with Crippen LogP contribution in [0.4, 0.5) is 11.4 Å². The molecule has 1 rings (SSSR count). The lowest BCUT2D eigenvalue weighted by atomic mass is 10.2. The zero-order valence-corrected chi connectivity index (χ0v) is 10.8. The molecule has 0 heterocycles. The van der Waals surface area contributed by atoms with E-state index in [0.29, 0.717) is 18.0 Å². The summed E-state index contributed by atoms with van der Waals surface area (Å²) in [5, 5.41) is 20.1. The Morgan fingerprint density at radius 2 is 2.17 bits per heavy atom. The molecule has 0 fully saturated rings. The second-order valence-electron chi connectivity index (χ2n) is 4.12. The number of nitro groups is 1. The Hall–Kier alpha value is -1.82. The highest BCUT2D eigenvalue weighted by atomic mass is 16.6. The van der Waals surface area contributed by atoms with Crippen LogP contribution in [0.25, 0.3) is 0 Å². The smallest absolute Gasteiger partial charge is 0.296 e. The van der Waals surface area contributed by atoms with Gasteiger partial charge in [0.15, 0.2) is 0 Å². The van der Waals surface area contributed by atoms with Crippen LogP contribution in [0, 0.1) is 10.1 Å². The van der Waals surface area contributed by atoms with Crippen LogP contribution in [0.1, 0.15) is 13.8 Å². The van der Waals surface area contributed by atoms with Gasteiger partial charge in [-0.25, -0.2) is 0 Å². The molecule has 100 valence electrons. The first-order valence-electron chi connectivity index (χ1n) is 5.71. The topological polar surface area (TPSA) is 75.8 Å². The molecule has 6 nitrogen and oxygen atoms in total. The summed E-state index contributed by atoms with van der Waals surface area (Å²) in [6, 6.07) is 4.77. The Kier molecular flexibility index (Phi) is 4.91. The van der Waals surface area contributed by atoms with Crippen LogP contribution in [0.3, 0.4) is 0 Å². The summed E-state index contributed by atoms with van der Waals surface area (Å²) in [5.74, 6) is 0.443. The Labute approximate surface area is 106 Å². The van der Waals surface area contributed by atoms with Crippen LogP contribution in [-0.2, 0) is 0 Å². The third-order valence-corrected chi connectivity index (χ3v) is 2.65. The van der Waals surface area contributed by atoms with E-state index in [9.17, 15) is 10.1 Å². The number of aliphatic hydroxyl groups excluding tert-OH is 1. The van der Waals surface area contributed by atoms with E-state index in [4.69, 9.17) is 9.84 Å². The molecule has 6 heteroatoms. The molecule has 0 amide bonds. The van der Waals surface area contributed by atoms with Gasteiger partial charge >= 0.3 is 0 Å². The fourth-order valence-corrected chi connectivity index (χ4v) is 1.78. The van der Waals surface area contributed by atoms with Crippen LogP contribution in [0.15, 0.2) is 18.2 Å². The van der Waals surface area contributed by atoms with E-state index in [1.165, 1.54) is 13.2 Å². The molecule has 0 aliphatic rings. The lowest BCUT2D eigenvalue weighted by Gasteiger charge is -2.27. The molecule has 0 aromatic heterocycles. The molecule has 1 N–H and O–H groups in total. The van der Waals surface area contributed by atoms with E-state index in [0.717, 1.165) is 0 Å². The molecular formula is C12H18N2O4. The number of methoxy groups -OCH3 is 1. The van der Waals surface area contributed by atoms with Crippen molar-refractivity contribution < 1.29 is 14.8 Å². The van der Waals surface area contributed by atoms with Crippen molar-refractivity contribution in [3.63, 3.8) is 0 Å². The predicted molar refractivity (Wildman–Crippen MR) is 69.2 cm³/mol. The first-order valence-corrected chi connectivity index (χ1v) is 5.71. The minimum atomic E-state index is -0.440. The van der Waals surface area contributed by atoms with Gasteiger partial charge in [-0.15, -0.1) is 0 Å². The Morgan fingerprint density at radius 1 is 1.50 bits per heavy atom. The van der Waals surface area contributed by atoms with Gasteiger partial charge in [-0.05, 0) is 26.0 Å². The summed E-state index contributed by atoms with van der Waals surface area (Å²) in [4.78, 5) is 12.4. The maximum Gasteiger partial charge on any atom is 0.296 e. The minimum Gasteiger partial charge on any atom is -0.496 e. The second kappa shape index (κ2) is 6.20. The Balaban J connectivity index is 3.24. The number of hydrogen-bond acceptors (Lipinski definition) is 5. The number of nitro benzene ring substituents is 1. The van der Waals surface area contributed by atoms with Crippen LogP contribution in [0.5, 0.6) is 5.75 Å². The number of aliphatic hydroxyl groups is 1. The van der Waals surface area contributed by atoms with Gasteiger partial charge in [-0.2, -0.15) is 0 Å². The molecule has 0 saturated heterocycles. The predicted octanol–water partition coefficient (Wildman–Crippen LogP) is 1.81. The lowest BCUT2D eigenvalue weighted by Crippen LogP contribution is -2.33. The van der Waals surface area contributed by atoms with Crippen molar-refractivity contribution in [3.8, 4) is 5.75 Å². The van der Waals surface area contributed by atoms with Crippen molar-refractivity contribution in [2.24, 2.45) is 0 Å². The fourth-order valence-electron chi connectivity index (χ4n) is 1.78. The number of anilines is 1. The molecule has 0 aliphatic carbocycles. The summed E-state index contributed by atoms with van der Waals surface area (Å²) < 4.78 is 4.99. The highest BCUT2D eigenvalue weighted by Crippen LogP contribution is 2.32. The van der Waals surface area contributed by atoms with Crippen molar-refractivity contribution in [2.45, 2.75) is 19.9 Å². The summed E-state index contributed by atoms with van der Waals surface area (Å²) in [6.45, 7) is 4.14. The fraction of sp³-hybridized carbons (Fsp3) is 0.500. The van der Waals surface area contributed by atoms with Gasteiger partial charge in [0.25, 0.3) is 5.69 Å². The monoisotopic (exact) mass is 254 g/mol. The normalized spacial score (nSPS) is 10.5. The average molecular weight is 254 g/mol. The first kappa shape index (κ1) is 14.2. The number of benzene rings is 1. The van der Waals surface area contributed by atoms with Gasteiger partial charge in [0, 0.05) is 12.6 Å². The SMILES string of the molecule is COc1ccc(N(CCO)C(C)C)c([N+](=O)[O-])c1. The lowest BCUT2D eigenvalue weighted by molar-refractivity contribution is -0.384. The van der Waals surface area contributed by atoms with Crippen LogP contribution in [0.2, 0.25) is 0 Å². The van der Waals surface area contributed by atoms with Crippen molar-refractivity contribution in [1.82, 2.24) is 0 Å². The van der Waals surface area contributed by atoms with E-state index in [1.54, 1.807) is 17.0 Å². The number of ether oxygens (including phenoxy) is 1. The second-order valence-corrected chi connectivity index (χ2v) is 4.12. The van der Waals surface area contributed by atoms with Crippen LogP contribution >= 0.6 is 0 Å². The quantitative estimate of drug-likeness (QED) is 0.619. The molecule has 0 aliphatic heterocycles. The molecule has 0 bridgehead atoms. The van der Waals surface area contributed by atoms with Crippen molar-refractivity contribution in [1.29, 1.82) is 0 Å². The third kappa shape index (κ3) is 3.10. The van der Waals surface area contributed by atoms with Crippen LogP contribution < -0.4 is 9.64 Å². The molecule has 0 saturated carbocycles. The average Bonchev–Trinajstić information content (AvgIpc) is 2.34. The first-order chi connectivity index (χ1) is 8.51. The van der Waals surface area contributed by atoms with Crippen molar-refractivity contribution in [3.05, 3.63) is 28.3 Å². The van der Waals surface area contributed by atoms with Crippen LogP contribution in [-0.4, -0.2) is 36.3 Å².